The average Bonchev–Trinajstić information content (AvgIpc) is 2.20. The number of nitro groups is 1. The van der Waals surface area contributed by atoms with Crippen LogP contribution in [0.25, 0.3) is 0 Å². The lowest BCUT2D eigenvalue weighted by molar-refractivity contribution is -0.385. The lowest BCUT2D eigenvalue weighted by Gasteiger charge is -2.11. The number of non-ortho nitro benzene ring substituents is 1. The Kier molecular flexibility index (Phi) is 3.55. The number of nitrogens with zero attached hydrogens (tertiary/aromatic N) is 1. The van der Waals surface area contributed by atoms with E-state index >= 15 is 0 Å². The highest BCUT2D eigenvalue weighted by molar-refractivity contribution is 5.80. The molecule has 0 saturated heterocycles. The summed E-state index contributed by atoms with van der Waals surface area (Å²) in [6.07, 6.45) is -0.782. The fourth-order valence-corrected chi connectivity index (χ4v) is 0.972. The summed E-state index contributed by atoms with van der Waals surface area (Å²) in [6, 6.07) is 3.00. The highest BCUT2D eigenvalue weighted by Gasteiger charge is 2.15. The molecule has 0 N–H and O–H groups in total. The Morgan fingerprint density at radius 2 is 2.19 bits per heavy atom. The highest BCUT2D eigenvalue weighted by atomic mass is 19.1. The van der Waals surface area contributed by atoms with Gasteiger partial charge in [0.05, 0.1) is 11.0 Å². The van der Waals surface area contributed by atoms with Crippen LogP contribution >= 0.6 is 0 Å². The number of nitro benzene ring substituents is 1. The van der Waals surface area contributed by atoms with Crippen molar-refractivity contribution in [3.8, 4) is 5.75 Å². The molecule has 0 aromatic heterocycles. The molecule has 0 radical (unpaired) electrons. The molecular formula is C10H10FNO4. The standard InChI is InChI=1S/C10H10FNO4/c1-6(13)7(2)16-10-4-3-8(12(14)15)5-9(10)11/h3-5,7H,1-2H3. The third-order valence-electron chi connectivity index (χ3n) is 2.00. The van der Waals surface area contributed by atoms with Crippen LogP contribution < -0.4 is 4.74 Å². The molecule has 0 bridgehead atoms. The monoisotopic (exact) mass is 227 g/mol. The van der Waals surface area contributed by atoms with Crippen molar-refractivity contribution in [3.63, 3.8) is 0 Å². The normalized spacial score (nSPS) is 11.9. The van der Waals surface area contributed by atoms with Crippen molar-refractivity contribution in [2.75, 3.05) is 0 Å². The van der Waals surface area contributed by atoms with Gasteiger partial charge in [-0.2, -0.15) is 0 Å². The van der Waals surface area contributed by atoms with E-state index in [0.29, 0.717) is 0 Å². The lowest BCUT2D eigenvalue weighted by atomic mass is 10.2. The quantitative estimate of drug-likeness (QED) is 0.583. The minimum Gasteiger partial charge on any atom is -0.480 e. The summed E-state index contributed by atoms with van der Waals surface area (Å²) >= 11 is 0. The lowest BCUT2D eigenvalue weighted by Crippen LogP contribution is -2.21. The van der Waals surface area contributed by atoms with E-state index in [9.17, 15) is 19.3 Å². The molecule has 0 fully saturated rings. The number of ether oxygens (including phenoxy) is 1. The van der Waals surface area contributed by atoms with Gasteiger partial charge in [-0.15, -0.1) is 0 Å². The van der Waals surface area contributed by atoms with E-state index in [4.69, 9.17) is 4.74 Å². The summed E-state index contributed by atoms with van der Waals surface area (Å²) in [5, 5.41) is 10.3. The molecule has 16 heavy (non-hydrogen) atoms. The fourth-order valence-electron chi connectivity index (χ4n) is 0.972. The molecular weight excluding hydrogens is 217 g/mol. The van der Waals surface area contributed by atoms with E-state index in [-0.39, 0.29) is 17.2 Å². The van der Waals surface area contributed by atoms with Gasteiger partial charge in [0, 0.05) is 6.07 Å². The molecule has 0 aliphatic carbocycles. The van der Waals surface area contributed by atoms with Crippen LogP contribution in [-0.2, 0) is 4.79 Å². The first-order valence-corrected chi connectivity index (χ1v) is 4.53. The molecule has 5 nitrogen and oxygen atoms in total. The van der Waals surface area contributed by atoms with Crippen LogP contribution in [0.15, 0.2) is 18.2 Å². The van der Waals surface area contributed by atoms with Crippen LogP contribution in [-0.4, -0.2) is 16.8 Å². The number of ketones is 1. The van der Waals surface area contributed by atoms with E-state index in [1.807, 2.05) is 0 Å². The molecule has 0 amide bonds. The van der Waals surface area contributed by atoms with Gasteiger partial charge in [-0.05, 0) is 19.9 Å². The Bertz CT molecular complexity index is 433. The summed E-state index contributed by atoms with van der Waals surface area (Å²) in [5.74, 6) is -1.28. The first kappa shape index (κ1) is 12.1. The number of carbonyl (C=O) groups is 1. The second kappa shape index (κ2) is 4.69. The smallest absolute Gasteiger partial charge is 0.272 e. The predicted molar refractivity (Wildman–Crippen MR) is 53.8 cm³/mol. The average molecular weight is 227 g/mol. The minimum absolute atomic E-state index is 0.173. The van der Waals surface area contributed by atoms with Crippen molar-refractivity contribution < 1.29 is 18.8 Å². The molecule has 86 valence electrons. The molecule has 1 aromatic carbocycles. The summed E-state index contributed by atoms with van der Waals surface area (Å²) in [6.45, 7) is 2.79. The second-order valence-corrected chi connectivity index (χ2v) is 3.24. The summed E-state index contributed by atoms with van der Waals surface area (Å²) < 4.78 is 18.3. The van der Waals surface area contributed by atoms with Gasteiger partial charge in [-0.3, -0.25) is 14.9 Å². The van der Waals surface area contributed by atoms with Crippen LogP contribution in [0.3, 0.4) is 0 Å². The molecule has 1 unspecified atom stereocenters. The zero-order chi connectivity index (χ0) is 12.3. The van der Waals surface area contributed by atoms with Gasteiger partial charge in [0.25, 0.3) is 5.69 Å². The summed E-state index contributed by atoms with van der Waals surface area (Å²) in [4.78, 5) is 20.5. The van der Waals surface area contributed by atoms with E-state index in [1.54, 1.807) is 0 Å². The van der Waals surface area contributed by atoms with Crippen LogP contribution in [0.4, 0.5) is 10.1 Å². The number of Topliss-reactive ketones (excluding diaryl/α,β-unsaturated/α-hetero) is 1. The van der Waals surface area contributed by atoms with Crippen LogP contribution in [0, 0.1) is 15.9 Å². The number of benzene rings is 1. The van der Waals surface area contributed by atoms with Crippen LogP contribution in [0.1, 0.15) is 13.8 Å². The van der Waals surface area contributed by atoms with Gasteiger partial charge in [-0.25, -0.2) is 4.39 Å². The summed E-state index contributed by atoms with van der Waals surface area (Å²) in [7, 11) is 0. The Morgan fingerprint density at radius 1 is 1.56 bits per heavy atom. The Hall–Kier alpha value is -1.98. The predicted octanol–water partition coefficient (Wildman–Crippen LogP) is 2.09. The zero-order valence-corrected chi connectivity index (χ0v) is 8.77. The molecule has 1 rings (SSSR count). The molecule has 1 aromatic rings. The molecule has 1 atom stereocenters. The van der Waals surface area contributed by atoms with E-state index in [0.717, 1.165) is 18.2 Å². The molecule has 0 aliphatic heterocycles. The third kappa shape index (κ3) is 2.75. The van der Waals surface area contributed by atoms with Gasteiger partial charge >= 0.3 is 0 Å². The maximum absolute atomic E-state index is 13.3. The third-order valence-corrected chi connectivity index (χ3v) is 2.00. The van der Waals surface area contributed by atoms with Crippen LogP contribution in [0.5, 0.6) is 5.75 Å². The minimum atomic E-state index is -0.859. The molecule has 0 saturated carbocycles. The van der Waals surface area contributed by atoms with Crippen molar-refractivity contribution in [1.82, 2.24) is 0 Å². The molecule has 0 aliphatic rings. The number of carbonyl (C=O) groups excluding carboxylic acids is 1. The number of hydrogen-bond donors (Lipinski definition) is 0. The van der Waals surface area contributed by atoms with E-state index in [2.05, 4.69) is 0 Å². The Morgan fingerprint density at radius 3 is 2.62 bits per heavy atom. The zero-order valence-electron chi connectivity index (χ0n) is 8.77. The number of hydrogen-bond acceptors (Lipinski definition) is 4. The maximum atomic E-state index is 13.3. The van der Waals surface area contributed by atoms with Gasteiger partial charge in [-0.1, -0.05) is 0 Å². The fraction of sp³-hybridized carbons (Fsp3) is 0.300. The highest BCUT2D eigenvalue weighted by Crippen LogP contribution is 2.23. The molecule has 0 heterocycles. The van der Waals surface area contributed by atoms with Crippen molar-refractivity contribution in [2.24, 2.45) is 0 Å². The Balaban J connectivity index is 2.91. The maximum Gasteiger partial charge on any atom is 0.272 e. The van der Waals surface area contributed by atoms with Crippen molar-refractivity contribution in [3.05, 3.63) is 34.1 Å². The summed E-state index contributed by atoms with van der Waals surface area (Å²) in [5.41, 5.74) is -0.361. The van der Waals surface area contributed by atoms with E-state index in [1.165, 1.54) is 13.8 Å². The topological polar surface area (TPSA) is 69.4 Å². The number of halogens is 1. The van der Waals surface area contributed by atoms with E-state index < -0.39 is 16.8 Å². The molecule has 6 heteroatoms. The van der Waals surface area contributed by atoms with Crippen molar-refractivity contribution in [2.45, 2.75) is 20.0 Å². The van der Waals surface area contributed by atoms with Gasteiger partial charge in [0.15, 0.2) is 23.5 Å². The van der Waals surface area contributed by atoms with Gasteiger partial charge in [0.2, 0.25) is 0 Å². The van der Waals surface area contributed by atoms with Gasteiger partial charge < -0.3 is 4.74 Å². The van der Waals surface area contributed by atoms with Crippen molar-refractivity contribution in [1.29, 1.82) is 0 Å². The van der Waals surface area contributed by atoms with Gasteiger partial charge in [0.1, 0.15) is 0 Å². The SMILES string of the molecule is CC(=O)C(C)Oc1ccc([N+](=O)[O-])cc1F. The number of rotatable bonds is 4. The van der Waals surface area contributed by atoms with Crippen molar-refractivity contribution >= 4 is 11.5 Å². The molecule has 0 spiro atoms. The first-order chi connectivity index (χ1) is 7.41. The second-order valence-electron chi connectivity index (χ2n) is 3.24. The first-order valence-electron chi connectivity index (χ1n) is 4.53. The van der Waals surface area contributed by atoms with Crippen LogP contribution in [0.2, 0.25) is 0 Å². The Labute approximate surface area is 91.0 Å². The largest absolute Gasteiger partial charge is 0.480 e.